The average Bonchev–Trinajstić information content (AvgIpc) is 3.21. The number of carbonyl (C=O) groups is 2. The van der Waals surface area contributed by atoms with Crippen molar-refractivity contribution in [2.45, 2.75) is 38.0 Å². The fourth-order valence-electron chi connectivity index (χ4n) is 5.67. The van der Waals surface area contributed by atoms with Crippen LogP contribution in [0.2, 0.25) is 10.0 Å². The Morgan fingerprint density at radius 1 is 1.00 bits per heavy atom. The molecule has 226 valence electrons. The molecule has 0 radical (unpaired) electrons. The molecule has 0 unspecified atom stereocenters. The van der Waals surface area contributed by atoms with E-state index in [1.165, 1.54) is 15.9 Å². The highest BCUT2D eigenvalue weighted by atomic mass is 35.5. The van der Waals surface area contributed by atoms with Gasteiger partial charge >= 0.3 is 12.2 Å². The van der Waals surface area contributed by atoms with E-state index in [0.29, 0.717) is 21.2 Å². The number of amidine groups is 1. The molecule has 1 fully saturated rings. The lowest BCUT2D eigenvalue weighted by Gasteiger charge is -2.46. The number of alkyl halides is 3. The maximum atomic E-state index is 14.6. The van der Waals surface area contributed by atoms with Crippen molar-refractivity contribution in [3.8, 4) is 5.75 Å². The summed E-state index contributed by atoms with van der Waals surface area (Å²) in [6.45, 7) is 5.72. The zero-order chi connectivity index (χ0) is 31.2. The predicted molar refractivity (Wildman–Crippen MR) is 159 cm³/mol. The molecule has 3 aromatic rings. The first kappa shape index (κ1) is 30.7. The Bertz CT molecular complexity index is 1580. The number of rotatable bonds is 5. The van der Waals surface area contributed by atoms with Gasteiger partial charge < -0.3 is 15.0 Å². The summed E-state index contributed by atoms with van der Waals surface area (Å²) in [5, 5.41) is 3.69. The Labute approximate surface area is 257 Å². The van der Waals surface area contributed by atoms with Gasteiger partial charge in [0.25, 0.3) is 0 Å². The van der Waals surface area contributed by atoms with Gasteiger partial charge in [-0.1, -0.05) is 47.5 Å². The molecule has 43 heavy (non-hydrogen) atoms. The van der Waals surface area contributed by atoms with Gasteiger partial charge in [-0.3, -0.25) is 14.7 Å². The maximum absolute atomic E-state index is 14.6. The minimum absolute atomic E-state index is 0.0741. The van der Waals surface area contributed by atoms with Crippen LogP contribution in [0.5, 0.6) is 5.75 Å². The summed E-state index contributed by atoms with van der Waals surface area (Å²) in [4.78, 5) is 35.0. The molecule has 3 amide bonds. The van der Waals surface area contributed by atoms with Crippen LogP contribution >= 0.6 is 23.2 Å². The van der Waals surface area contributed by atoms with Gasteiger partial charge in [-0.2, -0.15) is 13.2 Å². The molecule has 12 heteroatoms. The second-order valence-corrected chi connectivity index (χ2v) is 11.5. The highest BCUT2D eigenvalue weighted by molar-refractivity contribution is 6.30. The summed E-state index contributed by atoms with van der Waals surface area (Å²) in [6, 6.07) is 16.6. The summed E-state index contributed by atoms with van der Waals surface area (Å²) in [5.74, 6) is -0.303. The van der Waals surface area contributed by atoms with E-state index in [1.54, 1.807) is 55.5 Å². The number of nitrogens with one attached hydrogen (secondary N) is 1. The summed E-state index contributed by atoms with van der Waals surface area (Å²) in [5.41, 5.74) is -1.80. The van der Waals surface area contributed by atoms with Crippen LogP contribution in [-0.4, -0.2) is 53.8 Å². The highest BCUT2D eigenvalue weighted by Crippen LogP contribution is 2.54. The number of aliphatic imine (C=N–C) groups is 1. The molecule has 0 spiro atoms. The number of hydrogen-bond donors (Lipinski definition) is 1. The van der Waals surface area contributed by atoms with Gasteiger partial charge in [0, 0.05) is 23.1 Å². The standard InChI is InChI=1S/C31H29Cl2F3N4O3/c1-4-43-25-17-21(31(34,35)36)9-14-24(25)27-38-29(2,19-5-10-22(32)11-6-19)30(3,20-7-12-23(33)13-8-20)40(27)28(42)39-16-15-37-26(41)18-39/h5-14,17H,4,15-16,18H2,1-3H3,(H,37,41)/t29-,30+/m0/s1. The molecule has 0 saturated carbocycles. The lowest BCUT2D eigenvalue weighted by molar-refractivity contribution is -0.137. The van der Waals surface area contributed by atoms with E-state index >= 15 is 0 Å². The molecule has 1 saturated heterocycles. The molecule has 1 N–H and O–H groups in total. The zero-order valence-corrected chi connectivity index (χ0v) is 25.1. The molecule has 3 aromatic carbocycles. The Balaban J connectivity index is 1.81. The first-order valence-corrected chi connectivity index (χ1v) is 14.4. The number of nitrogens with zero attached hydrogens (tertiary/aromatic N) is 3. The second-order valence-electron chi connectivity index (χ2n) is 10.6. The van der Waals surface area contributed by atoms with Crippen LogP contribution in [0.15, 0.2) is 71.7 Å². The molecular formula is C31H29Cl2F3N4O3. The number of carbonyl (C=O) groups excluding carboxylic acids is 2. The van der Waals surface area contributed by atoms with Gasteiger partial charge in [-0.25, -0.2) is 4.79 Å². The van der Waals surface area contributed by atoms with E-state index in [1.807, 2.05) is 13.8 Å². The topological polar surface area (TPSA) is 74.2 Å². The van der Waals surface area contributed by atoms with Crippen molar-refractivity contribution in [1.29, 1.82) is 0 Å². The number of hydrogen-bond acceptors (Lipinski definition) is 4. The van der Waals surface area contributed by atoms with Crippen LogP contribution in [0.25, 0.3) is 0 Å². The Morgan fingerprint density at radius 2 is 1.60 bits per heavy atom. The van der Waals surface area contributed by atoms with Crippen LogP contribution in [-0.2, 0) is 22.0 Å². The molecule has 0 aromatic heterocycles. The fraction of sp³-hybridized carbons (Fsp3) is 0.323. The minimum Gasteiger partial charge on any atom is -0.493 e. The molecule has 5 rings (SSSR count). The summed E-state index contributed by atoms with van der Waals surface area (Å²) in [7, 11) is 0. The number of halogens is 5. The maximum Gasteiger partial charge on any atom is 0.416 e. The number of amides is 3. The molecule has 7 nitrogen and oxygen atoms in total. The van der Waals surface area contributed by atoms with Crippen molar-refractivity contribution in [2.24, 2.45) is 4.99 Å². The lowest BCUT2D eigenvalue weighted by Crippen LogP contribution is -2.61. The first-order chi connectivity index (χ1) is 20.3. The third kappa shape index (κ3) is 5.42. The number of ether oxygens (including phenoxy) is 1. The van der Waals surface area contributed by atoms with E-state index in [2.05, 4.69) is 5.32 Å². The van der Waals surface area contributed by atoms with E-state index in [4.69, 9.17) is 32.9 Å². The van der Waals surface area contributed by atoms with Crippen LogP contribution in [0.1, 0.15) is 43.0 Å². The molecular weight excluding hydrogens is 604 g/mol. The van der Waals surface area contributed by atoms with Gasteiger partial charge in [0.05, 0.1) is 17.7 Å². The van der Waals surface area contributed by atoms with Crippen molar-refractivity contribution >= 4 is 41.0 Å². The van der Waals surface area contributed by atoms with Crippen molar-refractivity contribution in [3.63, 3.8) is 0 Å². The molecule has 2 atom stereocenters. The quantitative estimate of drug-likeness (QED) is 0.334. The summed E-state index contributed by atoms with van der Waals surface area (Å²) >= 11 is 12.5. The molecule has 2 aliphatic rings. The van der Waals surface area contributed by atoms with Crippen LogP contribution in [0.3, 0.4) is 0 Å². The Kier molecular flexibility index (Phi) is 8.13. The van der Waals surface area contributed by atoms with Gasteiger partial charge in [-0.15, -0.1) is 0 Å². The van der Waals surface area contributed by atoms with Crippen LogP contribution in [0, 0.1) is 0 Å². The average molecular weight is 633 g/mol. The van der Waals surface area contributed by atoms with Gasteiger partial charge in [-0.05, 0) is 74.4 Å². The van der Waals surface area contributed by atoms with Gasteiger partial charge in [0.2, 0.25) is 5.91 Å². The monoisotopic (exact) mass is 632 g/mol. The molecule has 0 bridgehead atoms. The number of urea groups is 1. The first-order valence-electron chi connectivity index (χ1n) is 13.6. The third-order valence-corrected chi connectivity index (χ3v) is 8.60. The van der Waals surface area contributed by atoms with E-state index in [9.17, 15) is 22.8 Å². The molecule has 0 aliphatic carbocycles. The van der Waals surface area contributed by atoms with Gasteiger partial charge in [0.1, 0.15) is 29.2 Å². The largest absolute Gasteiger partial charge is 0.493 e. The summed E-state index contributed by atoms with van der Waals surface area (Å²) in [6.07, 6.45) is -4.62. The SMILES string of the molecule is CCOc1cc(C(F)(F)F)ccc1C1=N[C@@](C)(c2ccc(Cl)cc2)[C@@](C)(c2ccc(Cl)cc2)N1C(=O)N1CCNC(=O)C1. The third-order valence-electron chi connectivity index (χ3n) is 8.10. The van der Waals surface area contributed by atoms with E-state index < -0.39 is 28.8 Å². The lowest BCUT2D eigenvalue weighted by atomic mass is 9.71. The van der Waals surface area contributed by atoms with Crippen molar-refractivity contribution < 1.29 is 27.5 Å². The number of benzene rings is 3. The summed E-state index contributed by atoms with van der Waals surface area (Å²) < 4.78 is 46.9. The zero-order valence-electron chi connectivity index (χ0n) is 23.6. The number of piperazine rings is 1. The predicted octanol–water partition coefficient (Wildman–Crippen LogP) is 6.86. The highest BCUT2D eigenvalue weighted by Gasteiger charge is 2.60. The van der Waals surface area contributed by atoms with Crippen molar-refractivity contribution in [2.75, 3.05) is 26.2 Å². The van der Waals surface area contributed by atoms with Crippen molar-refractivity contribution in [3.05, 3.63) is 99.0 Å². The van der Waals surface area contributed by atoms with Crippen molar-refractivity contribution in [1.82, 2.24) is 15.1 Å². The smallest absolute Gasteiger partial charge is 0.416 e. The Morgan fingerprint density at radius 3 is 2.16 bits per heavy atom. The fourth-order valence-corrected chi connectivity index (χ4v) is 5.92. The molecule has 2 aliphatic heterocycles. The van der Waals surface area contributed by atoms with Crippen LogP contribution in [0.4, 0.5) is 18.0 Å². The van der Waals surface area contributed by atoms with E-state index in [0.717, 1.165) is 12.1 Å². The van der Waals surface area contributed by atoms with Gasteiger partial charge in [0.15, 0.2) is 0 Å². The Hall–Kier alpha value is -3.76. The molecule has 2 heterocycles. The minimum atomic E-state index is -4.62. The van der Waals surface area contributed by atoms with E-state index in [-0.39, 0.29) is 49.3 Å². The second kappa shape index (κ2) is 11.4. The normalized spacial score (nSPS) is 22.3. The van der Waals surface area contributed by atoms with Crippen LogP contribution < -0.4 is 10.1 Å².